The quantitative estimate of drug-likeness (QED) is 0.616. The maximum absolute atomic E-state index is 12.9. The third-order valence-electron chi connectivity index (χ3n) is 4.36. The first kappa shape index (κ1) is 21.3. The average molecular weight is 388 g/mol. The van der Waals surface area contributed by atoms with Gasteiger partial charge in [-0.3, -0.25) is 0 Å². The summed E-state index contributed by atoms with van der Waals surface area (Å²) in [5.74, 6) is -1.52. The molecule has 0 aromatic heterocycles. The molecule has 7 nitrogen and oxygen atoms in total. The minimum atomic E-state index is -3.98. The molecule has 0 unspecified atom stereocenters. The number of carbonyl (C=O) groups is 2. The molecule has 0 atom stereocenters. The van der Waals surface area contributed by atoms with Gasteiger partial charge < -0.3 is 9.47 Å². The van der Waals surface area contributed by atoms with E-state index in [1.54, 1.807) is 0 Å². The van der Waals surface area contributed by atoms with Crippen molar-refractivity contribution in [2.45, 2.75) is 43.8 Å². The summed E-state index contributed by atoms with van der Waals surface area (Å²) in [4.78, 5) is 23.5. The third-order valence-corrected chi connectivity index (χ3v) is 12.2. The van der Waals surface area contributed by atoms with E-state index >= 15 is 0 Å². The summed E-state index contributed by atoms with van der Waals surface area (Å²) in [5.41, 5.74) is -0.147. The van der Waals surface area contributed by atoms with Crippen LogP contribution in [0.2, 0.25) is 18.1 Å². The first-order valence-corrected chi connectivity index (χ1v) is 12.1. The predicted octanol–water partition coefficient (Wildman–Crippen LogP) is 2.54. The Labute approximate surface area is 149 Å². The Bertz CT molecular complexity index is 780. The van der Waals surface area contributed by atoms with Crippen LogP contribution in [-0.2, 0) is 19.5 Å². The molecular formula is C16H25NO6SSi. The van der Waals surface area contributed by atoms with Gasteiger partial charge in [0.1, 0.15) is 8.24 Å². The maximum atomic E-state index is 12.9. The molecule has 0 saturated heterocycles. The van der Waals surface area contributed by atoms with Crippen molar-refractivity contribution in [3.8, 4) is 0 Å². The van der Waals surface area contributed by atoms with Gasteiger partial charge in [0.15, 0.2) is 0 Å². The second-order valence-electron chi connectivity index (χ2n) is 7.17. The van der Waals surface area contributed by atoms with Crippen molar-refractivity contribution in [2.24, 2.45) is 0 Å². The van der Waals surface area contributed by atoms with E-state index in [1.807, 2.05) is 33.9 Å². The summed E-state index contributed by atoms with van der Waals surface area (Å²) in [6, 6.07) is 3.68. The molecule has 25 heavy (non-hydrogen) atoms. The molecule has 1 rings (SSSR count). The van der Waals surface area contributed by atoms with E-state index < -0.39 is 30.2 Å². The van der Waals surface area contributed by atoms with Crippen LogP contribution in [0.3, 0.4) is 0 Å². The molecule has 0 aliphatic carbocycles. The molecule has 0 radical (unpaired) electrons. The molecular weight excluding hydrogens is 362 g/mol. The lowest BCUT2D eigenvalue weighted by atomic mass is 10.1. The molecule has 1 aromatic rings. The largest absolute Gasteiger partial charge is 0.465 e. The van der Waals surface area contributed by atoms with E-state index in [1.165, 1.54) is 19.2 Å². The topological polar surface area (TPSA) is 98.8 Å². The minimum absolute atomic E-state index is 0.0641. The number of sulfonamides is 1. The number of ether oxygens (including phenoxy) is 2. The predicted molar refractivity (Wildman–Crippen MR) is 96.6 cm³/mol. The van der Waals surface area contributed by atoms with Gasteiger partial charge in [-0.05, 0) is 23.2 Å². The van der Waals surface area contributed by atoms with Crippen LogP contribution in [0.25, 0.3) is 0 Å². The molecule has 0 aliphatic heterocycles. The number of hydrogen-bond acceptors (Lipinski definition) is 6. The van der Waals surface area contributed by atoms with Gasteiger partial charge in [0.05, 0.1) is 30.2 Å². The standard InChI is InChI=1S/C16H25NO6SSi/c1-16(2,3)25(6,7)17-24(20,21)13-9-8-11(14(18)22-4)10-12(13)15(19)23-5/h8-10,17H,1-7H3. The summed E-state index contributed by atoms with van der Waals surface area (Å²) >= 11 is 0. The van der Waals surface area contributed by atoms with Crippen LogP contribution in [0.15, 0.2) is 23.1 Å². The van der Waals surface area contributed by atoms with Crippen LogP contribution in [0, 0.1) is 0 Å². The molecule has 0 amide bonds. The zero-order valence-electron chi connectivity index (χ0n) is 15.6. The fraction of sp³-hybridized carbons (Fsp3) is 0.500. The summed E-state index contributed by atoms with van der Waals surface area (Å²) in [6.07, 6.45) is 0. The smallest absolute Gasteiger partial charge is 0.339 e. The molecule has 0 spiro atoms. The lowest BCUT2D eigenvalue weighted by Gasteiger charge is -2.36. The Kier molecular flexibility index (Phi) is 6.20. The zero-order valence-corrected chi connectivity index (χ0v) is 17.4. The first-order chi connectivity index (χ1) is 11.3. The highest BCUT2D eigenvalue weighted by Gasteiger charge is 2.40. The van der Waals surface area contributed by atoms with E-state index in [2.05, 4.69) is 13.9 Å². The van der Waals surface area contributed by atoms with Gasteiger partial charge in [0.2, 0.25) is 10.0 Å². The SMILES string of the molecule is COC(=O)c1ccc(S(=O)(=O)N[Si](C)(C)C(C)(C)C)c(C(=O)OC)c1. The van der Waals surface area contributed by atoms with Crippen LogP contribution in [0.4, 0.5) is 0 Å². The molecule has 0 saturated carbocycles. The Morgan fingerprint density at radius 3 is 2.00 bits per heavy atom. The van der Waals surface area contributed by atoms with Crippen molar-refractivity contribution in [3.63, 3.8) is 0 Å². The molecule has 140 valence electrons. The number of rotatable bonds is 5. The number of esters is 2. The molecule has 0 bridgehead atoms. The fourth-order valence-electron chi connectivity index (χ4n) is 1.82. The van der Waals surface area contributed by atoms with Crippen LogP contribution in [0.1, 0.15) is 41.5 Å². The first-order valence-electron chi connectivity index (χ1n) is 7.61. The van der Waals surface area contributed by atoms with Crippen LogP contribution < -0.4 is 4.39 Å². The highest BCUT2D eigenvalue weighted by Crippen LogP contribution is 2.35. The minimum Gasteiger partial charge on any atom is -0.465 e. The molecule has 1 N–H and O–H groups in total. The highest BCUT2D eigenvalue weighted by molar-refractivity contribution is 7.91. The summed E-state index contributed by atoms with van der Waals surface area (Å²) in [6.45, 7) is 9.67. The van der Waals surface area contributed by atoms with E-state index in [-0.39, 0.29) is 21.1 Å². The molecule has 0 aliphatic rings. The van der Waals surface area contributed by atoms with Gasteiger partial charge in [-0.15, -0.1) is 0 Å². The lowest BCUT2D eigenvalue weighted by molar-refractivity contribution is 0.0595. The number of carbonyl (C=O) groups excluding carboxylic acids is 2. The third kappa shape index (κ3) is 4.68. The maximum Gasteiger partial charge on any atom is 0.339 e. The number of nitrogens with one attached hydrogen (secondary N) is 1. The number of hydrogen-bond donors (Lipinski definition) is 1. The number of methoxy groups -OCH3 is 2. The summed E-state index contributed by atoms with van der Waals surface area (Å²) < 4.78 is 37.8. The van der Waals surface area contributed by atoms with Gasteiger partial charge in [-0.2, -0.15) is 0 Å². The van der Waals surface area contributed by atoms with Gasteiger partial charge in [0, 0.05) is 0 Å². The van der Waals surface area contributed by atoms with E-state index in [0.717, 1.165) is 13.2 Å². The fourth-order valence-corrected chi connectivity index (χ4v) is 6.85. The lowest BCUT2D eigenvalue weighted by Crippen LogP contribution is -2.54. The van der Waals surface area contributed by atoms with Gasteiger partial charge in [0.25, 0.3) is 0 Å². The van der Waals surface area contributed by atoms with Crippen LogP contribution in [-0.4, -0.2) is 42.8 Å². The summed E-state index contributed by atoms with van der Waals surface area (Å²) in [7, 11) is -4.05. The van der Waals surface area contributed by atoms with Crippen molar-refractivity contribution in [2.75, 3.05) is 14.2 Å². The van der Waals surface area contributed by atoms with Gasteiger partial charge in [-0.1, -0.05) is 33.9 Å². The Hall–Kier alpha value is -1.71. The monoisotopic (exact) mass is 387 g/mol. The normalized spacial score (nSPS) is 12.6. The second-order valence-corrected chi connectivity index (χ2v) is 14.2. The van der Waals surface area contributed by atoms with Crippen LogP contribution >= 0.6 is 0 Å². The van der Waals surface area contributed by atoms with Crippen molar-refractivity contribution >= 4 is 30.2 Å². The van der Waals surface area contributed by atoms with Crippen molar-refractivity contribution in [3.05, 3.63) is 29.3 Å². The van der Waals surface area contributed by atoms with E-state index in [4.69, 9.17) is 0 Å². The summed E-state index contributed by atoms with van der Waals surface area (Å²) in [5, 5.41) is -0.239. The Balaban J connectivity index is 3.49. The number of benzene rings is 1. The van der Waals surface area contributed by atoms with Crippen LogP contribution in [0.5, 0.6) is 0 Å². The molecule has 0 heterocycles. The average Bonchev–Trinajstić information content (AvgIpc) is 2.50. The molecule has 0 fully saturated rings. The zero-order chi connectivity index (χ0) is 19.6. The Morgan fingerprint density at radius 2 is 1.56 bits per heavy atom. The molecule has 1 aromatic carbocycles. The van der Waals surface area contributed by atoms with Crippen molar-refractivity contribution in [1.82, 2.24) is 4.39 Å². The van der Waals surface area contributed by atoms with Crippen molar-refractivity contribution in [1.29, 1.82) is 0 Å². The molecule has 9 heteroatoms. The Morgan fingerprint density at radius 1 is 1.04 bits per heavy atom. The van der Waals surface area contributed by atoms with Crippen molar-refractivity contribution < 1.29 is 27.5 Å². The van der Waals surface area contributed by atoms with Gasteiger partial charge in [-0.25, -0.2) is 22.4 Å². The highest BCUT2D eigenvalue weighted by atomic mass is 32.2. The second kappa shape index (κ2) is 7.26. The van der Waals surface area contributed by atoms with Gasteiger partial charge >= 0.3 is 11.9 Å². The van der Waals surface area contributed by atoms with E-state index in [0.29, 0.717) is 0 Å². The van der Waals surface area contributed by atoms with E-state index in [9.17, 15) is 18.0 Å².